The lowest BCUT2D eigenvalue weighted by Crippen LogP contribution is -2.53. The van der Waals surface area contributed by atoms with E-state index in [-0.39, 0.29) is 23.4 Å². The molecule has 2 saturated heterocycles. The van der Waals surface area contributed by atoms with Crippen molar-refractivity contribution in [2.75, 3.05) is 50.5 Å². The predicted molar refractivity (Wildman–Crippen MR) is 149 cm³/mol. The van der Waals surface area contributed by atoms with E-state index in [1.165, 1.54) is 0 Å². The molecule has 2 N–H and O–H groups in total. The first-order valence-electron chi connectivity index (χ1n) is 13.4. The summed E-state index contributed by atoms with van der Waals surface area (Å²) in [5.74, 6) is 0.565. The average molecular weight is 519 g/mol. The van der Waals surface area contributed by atoms with Gasteiger partial charge in [-0.3, -0.25) is 9.59 Å². The van der Waals surface area contributed by atoms with Gasteiger partial charge in [0.1, 0.15) is 0 Å². The summed E-state index contributed by atoms with van der Waals surface area (Å²) in [6, 6.07) is 11.8. The van der Waals surface area contributed by atoms with Gasteiger partial charge in [-0.15, -0.1) is 5.10 Å². The number of nitrogens with one attached hydrogen (secondary N) is 2. The predicted octanol–water partition coefficient (Wildman–Crippen LogP) is 3.13. The zero-order valence-corrected chi connectivity index (χ0v) is 22.8. The van der Waals surface area contributed by atoms with Crippen LogP contribution in [0.15, 0.2) is 42.6 Å². The average Bonchev–Trinajstić information content (AvgIpc) is 3.31. The Morgan fingerprint density at radius 2 is 1.74 bits per heavy atom. The minimum atomic E-state index is -0.177. The maximum Gasteiger partial charge on any atom is 0.253 e. The van der Waals surface area contributed by atoms with Gasteiger partial charge in [0.05, 0.1) is 5.69 Å². The molecular weight excluding hydrogens is 480 g/mol. The fourth-order valence-electron chi connectivity index (χ4n) is 5.56. The second kappa shape index (κ2) is 10.6. The number of piperidine rings is 2. The van der Waals surface area contributed by atoms with E-state index in [2.05, 4.69) is 45.6 Å². The van der Waals surface area contributed by atoms with E-state index < -0.39 is 0 Å². The summed E-state index contributed by atoms with van der Waals surface area (Å²) in [7, 11) is 4.03. The van der Waals surface area contributed by atoms with Crippen molar-refractivity contribution in [1.82, 2.24) is 29.7 Å². The van der Waals surface area contributed by atoms with E-state index in [1.807, 2.05) is 48.5 Å². The number of fused-ring (bicyclic) bond motifs is 1. The van der Waals surface area contributed by atoms with Gasteiger partial charge in [-0.25, -0.2) is 4.52 Å². The van der Waals surface area contributed by atoms with Crippen LogP contribution in [0.4, 0.5) is 17.3 Å². The standard InChI is InChI=1S/C28H38N8O2/c1-20(37)31-28(2)13-18-35(19-14-28)24-6-5-15-36-25(24)30-27(32-36)29-22-9-7-21(8-10-22)26(38)34(4)23-11-16-33(3)17-12-23/h5-10,15,23H,11-14,16-19H2,1-4H3,(H,29,32)(H,31,37). The van der Waals surface area contributed by atoms with Crippen LogP contribution in [0.2, 0.25) is 0 Å². The number of amides is 2. The number of likely N-dealkylation sites (tertiary alicyclic amines) is 1. The molecule has 5 rings (SSSR count). The van der Waals surface area contributed by atoms with Gasteiger partial charge in [-0.05, 0) is 89.1 Å². The number of hydrogen-bond acceptors (Lipinski definition) is 7. The Balaban J connectivity index is 1.25. The Hall–Kier alpha value is -3.66. The highest BCUT2D eigenvalue weighted by Crippen LogP contribution is 2.29. The van der Waals surface area contributed by atoms with Gasteiger partial charge in [0.2, 0.25) is 11.9 Å². The zero-order valence-electron chi connectivity index (χ0n) is 22.8. The highest BCUT2D eigenvalue weighted by molar-refractivity contribution is 5.94. The maximum atomic E-state index is 13.0. The van der Waals surface area contributed by atoms with Gasteiger partial charge in [-0.1, -0.05) is 0 Å². The number of rotatable bonds is 6. The number of benzene rings is 1. The van der Waals surface area contributed by atoms with Gasteiger partial charge in [0.25, 0.3) is 5.91 Å². The molecule has 10 heteroatoms. The maximum absolute atomic E-state index is 13.0. The molecule has 0 aliphatic carbocycles. The van der Waals surface area contributed by atoms with Gasteiger partial charge in [0.15, 0.2) is 5.65 Å². The number of pyridine rings is 1. The molecule has 0 bridgehead atoms. The molecule has 2 amide bonds. The van der Waals surface area contributed by atoms with Crippen molar-refractivity contribution in [1.29, 1.82) is 0 Å². The van der Waals surface area contributed by atoms with E-state index in [0.717, 1.165) is 68.9 Å². The number of carbonyl (C=O) groups is 2. The Kier molecular flexibility index (Phi) is 7.25. The smallest absolute Gasteiger partial charge is 0.253 e. The molecule has 202 valence electrons. The molecule has 10 nitrogen and oxygen atoms in total. The van der Waals surface area contributed by atoms with Gasteiger partial charge in [-0.2, -0.15) is 4.98 Å². The Morgan fingerprint density at radius 1 is 1.05 bits per heavy atom. The van der Waals surface area contributed by atoms with Crippen LogP contribution in [0.25, 0.3) is 5.65 Å². The van der Waals surface area contributed by atoms with E-state index in [9.17, 15) is 9.59 Å². The summed E-state index contributed by atoms with van der Waals surface area (Å²) in [6.07, 6.45) is 5.64. The first-order valence-corrected chi connectivity index (χ1v) is 13.4. The van der Waals surface area contributed by atoms with Crippen LogP contribution in [0, 0.1) is 0 Å². The number of nitrogens with zero attached hydrogens (tertiary/aromatic N) is 6. The first kappa shape index (κ1) is 26.0. The lowest BCUT2D eigenvalue weighted by atomic mass is 9.89. The molecule has 38 heavy (non-hydrogen) atoms. The molecule has 0 radical (unpaired) electrons. The molecule has 0 saturated carbocycles. The van der Waals surface area contributed by atoms with E-state index in [0.29, 0.717) is 11.5 Å². The molecule has 2 aliphatic rings. The van der Waals surface area contributed by atoms with Crippen LogP contribution >= 0.6 is 0 Å². The minimum Gasteiger partial charge on any atom is -0.368 e. The first-order chi connectivity index (χ1) is 18.2. The lowest BCUT2D eigenvalue weighted by Gasteiger charge is -2.40. The third-order valence-corrected chi connectivity index (χ3v) is 7.97. The SMILES string of the molecule is CC(=O)NC1(C)CCN(c2cccn3nc(Nc4ccc(C(=O)N(C)C5CCN(C)CC5)cc4)nc23)CC1. The van der Waals surface area contributed by atoms with E-state index in [1.54, 1.807) is 11.4 Å². The van der Waals surface area contributed by atoms with Crippen molar-refractivity contribution >= 4 is 34.8 Å². The monoisotopic (exact) mass is 518 g/mol. The van der Waals surface area contributed by atoms with E-state index in [4.69, 9.17) is 4.98 Å². The molecule has 2 aromatic heterocycles. The fourth-order valence-corrected chi connectivity index (χ4v) is 5.56. The quantitative estimate of drug-likeness (QED) is 0.517. The summed E-state index contributed by atoms with van der Waals surface area (Å²) in [5, 5.41) is 11.0. The van der Waals surface area contributed by atoms with Crippen molar-refractivity contribution in [3.8, 4) is 0 Å². The summed E-state index contributed by atoms with van der Waals surface area (Å²) >= 11 is 0. The fraction of sp³-hybridized carbons (Fsp3) is 0.500. The van der Waals surface area contributed by atoms with Crippen molar-refractivity contribution in [3.05, 3.63) is 48.2 Å². The number of aromatic nitrogens is 3. The van der Waals surface area contributed by atoms with Crippen molar-refractivity contribution in [3.63, 3.8) is 0 Å². The minimum absolute atomic E-state index is 0.0119. The second-order valence-corrected chi connectivity index (χ2v) is 11.0. The highest BCUT2D eigenvalue weighted by atomic mass is 16.2. The molecule has 2 aliphatic heterocycles. The lowest BCUT2D eigenvalue weighted by molar-refractivity contribution is -0.120. The number of hydrogen-bond donors (Lipinski definition) is 2. The van der Waals surface area contributed by atoms with Crippen LogP contribution in [0.1, 0.15) is 49.9 Å². The summed E-state index contributed by atoms with van der Waals surface area (Å²) in [4.78, 5) is 35.9. The summed E-state index contributed by atoms with van der Waals surface area (Å²) < 4.78 is 1.79. The van der Waals surface area contributed by atoms with Gasteiger partial charge < -0.3 is 25.3 Å². The van der Waals surface area contributed by atoms with Crippen molar-refractivity contribution in [2.24, 2.45) is 0 Å². The molecular formula is C28H38N8O2. The third kappa shape index (κ3) is 5.60. The second-order valence-electron chi connectivity index (χ2n) is 11.0. The highest BCUT2D eigenvalue weighted by Gasteiger charge is 2.31. The Morgan fingerprint density at radius 3 is 2.39 bits per heavy atom. The molecule has 2 fully saturated rings. The largest absolute Gasteiger partial charge is 0.368 e. The van der Waals surface area contributed by atoms with Crippen LogP contribution in [0.5, 0.6) is 0 Å². The topological polar surface area (TPSA) is 98.1 Å². The summed E-state index contributed by atoms with van der Waals surface area (Å²) in [6.45, 7) is 7.38. The normalized spacial score (nSPS) is 18.4. The third-order valence-electron chi connectivity index (χ3n) is 7.97. The van der Waals surface area contributed by atoms with Crippen molar-refractivity contribution in [2.45, 2.75) is 51.1 Å². The zero-order chi connectivity index (χ0) is 26.9. The molecule has 0 unspecified atom stereocenters. The van der Waals surface area contributed by atoms with Crippen LogP contribution < -0.4 is 15.5 Å². The van der Waals surface area contributed by atoms with Gasteiger partial charge >= 0.3 is 0 Å². The number of carbonyl (C=O) groups excluding carboxylic acids is 2. The molecule has 1 aromatic carbocycles. The van der Waals surface area contributed by atoms with Crippen LogP contribution in [-0.4, -0.2) is 88.1 Å². The molecule has 0 atom stereocenters. The summed E-state index contributed by atoms with van der Waals surface area (Å²) in [5.41, 5.74) is 3.13. The van der Waals surface area contributed by atoms with Crippen LogP contribution in [0.3, 0.4) is 0 Å². The van der Waals surface area contributed by atoms with Crippen molar-refractivity contribution < 1.29 is 9.59 Å². The Labute approximate surface area is 224 Å². The van der Waals surface area contributed by atoms with Crippen LogP contribution in [-0.2, 0) is 4.79 Å². The molecule has 3 aromatic rings. The molecule has 4 heterocycles. The Bertz CT molecular complexity index is 1290. The van der Waals surface area contributed by atoms with Gasteiger partial charge in [0, 0.05) is 56.1 Å². The molecule has 0 spiro atoms. The van der Waals surface area contributed by atoms with E-state index >= 15 is 0 Å². The number of anilines is 3.